The molecule has 0 saturated heterocycles. The van der Waals surface area contributed by atoms with Gasteiger partial charge in [-0.25, -0.2) is 0 Å². The average molecular weight is 218 g/mol. The Kier molecular flexibility index (Phi) is 3.04. The van der Waals surface area contributed by atoms with Crippen LogP contribution in [0.4, 0.5) is 0 Å². The molecule has 3 nitrogen and oxygen atoms in total. The van der Waals surface area contributed by atoms with E-state index < -0.39 is 0 Å². The minimum absolute atomic E-state index is 0.00935. The molecule has 0 N–H and O–H groups in total. The Morgan fingerprint density at radius 1 is 1.12 bits per heavy atom. The van der Waals surface area contributed by atoms with Gasteiger partial charge in [0.2, 0.25) is 0 Å². The fourth-order valence-corrected chi connectivity index (χ4v) is 2.21. The van der Waals surface area contributed by atoms with Gasteiger partial charge in [0.05, 0.1) is 13.5 Å². The summed E-state index contributed by atoms with van der Waals surface area (Å²) in [5.74, 6) is 0.819. The molecular weight excluding hydrogens is 204 g/mol. The van der Waals surface area contributed by atoms with Crippen LogP contribution in [0.25, 0.3) is 0 Å². The highest BCUT2D eigenvalue weighted by atomic mass is 16.5. The molecule has 0 spiro atoms. The van der Waals surface area contributed by atoms with Crippen LogP contribution in [0.5, 0.6) is 5.75 Å². The Hall–Kier alpha value is -1.64. The van der Waals surface area contributed by atoms with Gasteiger partial charge in [0, 0.05) is 18.8 Å². The second-order valence-corrected chi connectivity index (χ2v) is 4.10. The van der Waals surface area contributed by atoms with Gasteiger partial charge in [-0.15, -0.1) is 0 Å². The maximum Gasteiger partial charge on any atom is 0.140 e. The Morgan fingerprint density at radius 3 is 2.38 bits per heavy atom. The van der Waals surface area contributed by atoms with Gasteiger partial charge in [-0.05, 0) is 11.6 Å². The number of para-hydroxylation sites is 1. The molecule has 2 rings (SSSR count). The highest BCUT2D eigenvalue weighted by Crippen LogP contribution is 2.34. The van der Waals surface area contributed by atoms with Crippen molar-refractivity contribution in [1.29, 1.82) is 0 Å². The third kappa shape index (κ3) is 2.13. The van der Waals surface area contributed by atoms with Crippen LogP contribution in [0.15, 0.2) is 24.3 Å². The molecule has 1 aliphatic carbocycles. The topological polar surface area (TPSA) is 43.4 Å². The summed E-state index contributed by atoms with van der Waals surface area (Å²) in [6.07, 6.45) is 1.00. The SMILES string of the molecule is COc1ccccc1C1CC(=O)CC(=O)C1. The minimum Gasteiger partial charge on any atom is -0.496 e. The zero-order valence-corrected chi connectivity index (χ0v) is 9.23. The van der Waals surface area contributed by atoms with Crippen LogP contribution in [-0.2, 0) is 9.59 Å². The Labute approximate surface area is 94.4 Å². The molecule has 1 fully saturated rings. The third-order valence-corrected chi connectivity index (χ3v) is 2.92. The van der Waals surface area contributed by atoms with E-state index in [1.165, 1.54) is 0 Å². The first kappa shape index (κ1) is 10.9. The summed E-state index contributed by atoms with van der Waals surface area (Å²) >= 11 is 0. The second-order valence-electron chi connectivity index (χ2n) is 4.10. The maximum absolute atomic E-state index is 11.4. The van der Waals surface area contributed by atoms with Crippen LogP contribution in [0, 0.1) is 0 Å². The van der Waals surface area contributed by atoms with Crippen LogP contribution in [0.1, 0.15) is 30.7 Å². The molecule has 0 bridgehead atoms. The van der Waals surface area contributed by atoms with E-state index in [2.05, 4.69) is 0 Å². The van der Waals surface area contributed by atoms with Gasteiger partial charge in [0.25, 0.3) is 0 Å². The van der Waals surface area contributed by atoms with E-state index in [1.54, 1.807) is 7.11 Å². The van der Waals surface area contributed by atoms with Gasteiger partial charge >= 0.3 is 0 Å². The molecule has 0 unspecified atom stereocenters. The lowest BCUT2D eigenvalue weighted by Gasteiger charge is -2.22. The van der Waals surface area contributed by atoms with Crippen molar-refractivity contribution >= 4 is 11.6 Å². The van der Waals surface area contributed by atoms with Gasteiger partial charge < -0.3 is 4.74 Å². The Balaban J connectivity index is 2.29. The first-order valence-electron chi connectivity index (χ1n) is 5.37. The highest BCUT2D eigenvalue weighted by molar-refractivity contribution is 6.02. The molecule has 84 valence electrons. The standard InChI is InChI=1S/C13H14O3/c1-16-13-5-3-2-4-12(13)9-6-10(14)8-11(15)7-9/h2-5,9H,6-8H2,1H3. The summed E-state index contributed by atoms with van der Waals surface area (Å²) in [6.45, 7) is 0. The lowest BCUT2D eigenvalue weighted by Crippen LogP contribution is -2.21. The maximum atomic E-state index is 11.4. The van der Waals surface area contributed by atoms with E-state index >= 15 is 0 Å². The molecule has 3 heteroatoms. The lowest BCUT2D eigenvalue weighted by molar-refractivity contribution is -0.130. The third-order valence-electron chi connectivity index (χ3n) is 2.92. The van der Waals surface area contributed by atoms with Crippen LogP contribution in [0.3, 0.4) is 0 Å². The summed E-state index contributed by atoms with van der Waals surface area (Å²) in [7, 11) is 1.60. The summed E-state index contributed by atoms with van der Waals surface area (Å²) in [5, 5.41) is 0. The van der Waals surface area contributed by atoms with Crippen molar-refractivity contribution in [2.24, 2.45) is 0 Å². The van der Waals surface area contributed by atoms with Crippen molar-refractivity contribution in [1.82, 2.24) is 0 Å². The normalized spacial score (nSPS) is 17.6. The number of carbonyl (C=O) groups excluding carboxylic acids is 2. The molecule has 0 atom stereocenters. The molecule has 16 heavy (non-hydrogen) atoms. The fourth-order valence-electron chi connectivity index (χ4n) is 2.21. The van der Waals surface area contributed by atoms with E-state index in [1.807, 2.05) is 24.3 Å². The van der Waals surface area contributed by atoms with E-state index in [9.17, 15) is 9.59 Å². The Bertz CT molecular complexity index is 407. The van der Waals surface area contributed by atoms with Crippen LogP contribution in [-0.4, -0.2) is 18.7 Å². The lowest BCUT2D eigenvalue weighted by atomic mass is 9.82. The second kappa shape index (κ2) is 4.47. The van der Waals surface area contributed by atoms with Gasteiger partial charge in [-0.2, -0.15) is 0 Å². The van der Waals surface area contributed by atoms with E-state index in [-0.39, 0.29) is 23.9 Å². The number of methoxy groups -OCH3 is 1. The van der Waals surface area contributed by atoms with E-state index in [0.29, 0.717) is 12.8 Å². The number of benzene rings is 1. The van der Waals surface area contributed by atoms with Gasteiger partial charge in [0.15, 0.2) is 0 Å². The number of rotatable bonds is 2. The summed E-state index contributed by atoms with van der Waals surface area (Å²) < 4.78 is 5.25. The molecule has 0 aromatic heterocycles. The summed E-state index contributed by atoms with van der Waals surface area (Å²) in [6, 6.07) is 7.57. The average Bonchev–Trinajstić information content (AvgIpc) is 2.27. The predicted molar refractivity (Wildman–Crippen MR) is 59.6 cm³/mol. The van der Waals surface area contributed by atoms with Crippen molar-refractivity contribution in [3.05, 3.63) is 29.8 Å². The molecule has 1 saturated carbocycles. The van der Waals surface area contributed by atoms with Crippen LogP contribution in [0.2, 0.25) is 0 Å². The molecule has 1 aromatic rings. The fraction of sp³-hybridized carbons (Fsp3) is 0.385. The van der Waals surface area contributed by atoms with Crippen molar-refractivity contribution in [3.63, 3.8) is 0 Å². The number of hydrogen-bond acceptors (Lipinski definition) is 3. The van der Waals surface area contributed by atoms with Crippen molar-refractivity contribution in [2.45, 2.75) is 25.2 Å². The van der Waals surface area contributed by atoms with E-state index in [4.69, 9.17) is 4.74 Å². The van der Waals surface area contributed by atoms with Crippen molar-refractivity contribution in [3.8, 4) is 5.75 Å². The van der Waals surface area contributed by atoms with E-state index in [0.717, 1.165) is 11.3 Å². The Morgan fingerprint density at radius 2 is 1.75 bits per heavy atom. The van der Waals surface area contributed by atoms with Gasteiger partial charge in [-0.1, -0.05) is 18.2 Å². The largest absolute Gasteiger partial charge is 0.496 e. The zero-order valence-electron chi connectivity index (χ0n) is 9.23. The predicted octanol–water partition coefficient (Wildman–Crippen LogP) is 2.10. The number of ether oxygens (including phenoxy) is 1. The molecule has 0 radical (unpaired) electrons. The zero-order chi connectivity index (χ0) is 11.5. The molecular formula is C13H14O3. The molecule has 0 heterocycles. The first-order valence-corrected chi connectivity index (χ1v) is 5.37. The monoisotopic (exact) mass is 218 g/mol. The van der Waals surface area contributed by atoms with Gasteiger partial charge in [-0.3, -0.25) is 9.59 Å². The quantitative estimate of drug-likeness (QED) is 0.714. The number of hydrogen-bond donors (Lipinski definition) is 0. The number of carbonyl (C=O) groups is 2. The molecule has 0 aliphatic heterocycles. The van der Waals surface area contributed by atoms with Crippen molar-refractivity contribution in [2.75, 3.05) is 7.11 Å². The first-order chi connectivity index (χ1) is 7.70. The summed E-state index contributed by atoms with van der Waals surface area (Å²) in [4.78, 5) is 22.8. The summed E-state index contributed by atoms with van der Waals surface area (Å²) in [5.41, 5.74) is 0.964. The molecule has 1 aliphatic rings. The smallest absolute Gasteiger partial charge is 0.140 e. The van der Waals surface area contributed by atoms with Gasteiger partial charge in [0.1, 0.15) is 17.3 Å². The minimum atomic E-state index is -0.00935. The molecule has 1 aromatic carbocycles. The van der Waals surface area contributed by atoms with Crippen LogP contribution >= 0.6 is 0 Å². The highest BCUT2D eigenvalue weighted by Gasteiger charge is 2.28. The molecule has 0 amide bonds. The number of Topliss-reactive ketones (excluding diaryl/α,β-unsaturated/α-hetero) is 2. The number of ketones is 2. The van der Waals surface area contributed by atoms with Crippen LogP contribution < -0.4 is 4.74 Å². The van der Waals surface area contributed by atoms with Crippen molar-refractivity contribution < 1.29 is 14.3 Å².